The number of rotatable bonds is 7. The van der Waals surface area contributed by atoms with Gasteiger partial charge in [0.15, 0.2) is 6.61 Å². The highest BCUT2D eigenvalue weighted by molar-refractivity contribution is 6.30. The first-order valence-corrected chi connectivity index (χ1v) is 11.0. The lowest BCUT2D eigenvalue weighted by molar-refractivity contribution is -0.135. The Hall–Kier alpha value is -2.82. The Balaban J connectivity index is 1.20. The van der Waals surface area contributed by atoms with Gasteiger partial charge in [0, 0.05) is 37.7 Å². The molecule has 0 aromatic heterocycles. The topological polar surface area (TPSA) is 32.8 Å². The molecule has 1 saturated heterocycles. The summed E-state index contributed by atoms with van der Waals surface area (Å²) in [6, 6.07) is 26.3. The van der Waals surface area contributed by atoms with Crippen LogP contribution in [0.2, 0.25) is 5.02 Å². The fourth-order valence-corrected chi connectivity index (χ4v) is 3.90. The molecule has 0 radical (unpaired) electrons. The van der Waals surface area contributed by atoms with Gasteiger partial charge in [0.05, 0.1) is 0 Å². The minimum absolute atomic E-state index is 0.0412. The molecule has 0 spiro atoms. The molecule has 1 amide bonds. The van der Waals surface area contributed by atoms with E-state index in [0.29, 0.717) is 0 Å². The molecule has 4 nitrogen and oxygen atoms in total. The van der Waals surface area contributed by atoms with Gasteiger partial charge in [0.2, 0.25) is 0 Å². The van der Waals surface area contributed by atoms with Crippen molar-refractivity contribution in [2.45, 2.75) is 13.0 Å². The monoisotopic (exact) mass is 434 g/mol. The summed E-state index contributed by atoms with van der Waals surface area (Å²) in [6.07, 6.45) is 0.889. The molecular weight excluding hydrogens is 408 g/mol. The molecule has 0 N–H and O–H groups in total. The Bertz CT molecular complexity index is 967. The molecule has 1 aliphatic heterocycles. The highest BCUT2D eigenvalue weighted by Gasteiger charge is 2.21. The number of amides is 1. The largest absolute Gasteiger partial charge is 0.484 e. The third-order valence-electron chi connectivity index (χ3n) is 5.58. The molecular formula is C26H27ClN2O2. The van der Waals surface area contributed by atoms with Gasteiger partial charge in [-0.15, -0.1) is 0 Å². The van der Waals surface area contributed by atoms with E-state index in [-0.39, 0.29) is 12.5 Å². The first-order chi connectivity index (χ1) is 15.2. The molecule has 1 aliphatic rings. The van der Waals surface area contributed by atoms with Crippen LogP contribution >= 0.6 is 11.6 Å². The van der Waals surface area contributed by atoms with E-state index in [1.807, 2.05) is 35.2 Å². The molecule has 0 bridgehead atoms. The maximum Gasteiger partial charge on any atom is 0.260 e. The van der Waals surface area contributed by atoms with Gasteiger partial charge in [-0.2, -0.15) is 0 Å². The van der Waals surface area contributed by atoms with Gasteiger partial charge < -0.3 is 9.64 Å². The van der Waals surface area contributed by atoms with Crippen LogP contribution in [0.1, 0.15) is 16.7 Å². The molecule has 1 fully saturated rings. The quantitative estimate of drug-likeness (QED) is 0.542. The molecule has 3 aromatic rings. The SMILES string of the molecule is O=C(COc1ccc(Cc2ccccc2)cc1)N1CCN(Cc2ccc(Cl)cc2)CC1. The van der Waals surface area contributed by atoms with Crippen LogP contribution in [-0.2, 0) is 17.8 Å². The summed E-state index contributed by atoms with van der Waals surface area (Å²) in [6.45, 7) is 4.14. The molecule has 160 valence electrons. The van der Waals surface area contributed by atoms with E-state index in [2.05, 4.69) is 53.4 Å². The van der Waals surface area contributed by atoms with Gasteiger partial charge in [-0.3, -0.25) is 9.69 Å². The van der Waals surface area contributed by atoms with Gasteiger partial charge >= 0.3 is 0 Å². The molecule has 31 heavy (non-hydrogen) atoms. The number of nitrogens with zero attached hydrogens (tertiary/aromatic N) is 2. The minimum atomic E-state index is 0.0412. The van der Waals surface area contributed by atoms with E-state index in [1.165, 1.54) is 16.7 Å². The smallest absolute Gasteiger partial charge is 0.260 e. The van der Waals surface area contributed by atoms with Crippen LogP contribution in [0.15, 0.2) is 78.9 Å². The zero-order valence-corrected chi connectivity index (χ0v) is 18.3. The number of ether oxygens (including phenoxy) is 1. The highest BCUT2D eigenvalue weighted by atomic mass is 35.5. The highest BCUT2D eigenvalue weighted by Crippen LogP contribution is 2.16. The van der Waals surface area contributed by atoms with Crippen LogP contribution in [0.5, 0.6) is 5.75 Å². The summed E-state index contributed by atoms with van der Waals surface area (Å²) >= 11 is 5.95. The summed E-state index contributed by atoms with van der Waals surface area (Å²) in [4.78, 5) is 16.8. The first kappa shape index (κ1) is 21.4. The van der Waals surface area contributed by atoms with Crippen LogP contribution in [0.3, 0.4) is 0 Å². The minimum Gasteiger partial charge on any atom is -0.484 e. The Kier molecular flexibility index (Phi) is 7.23. The van der Waals surface area contributed by atoms with Gasteiger partial charge in [-0.1, -0.05) is 66.2 Å². The summed E-state index contributed by atoms with van der Waals surface area (Å²) in [7, 11) is 0. The second kappa shape index (κ2) is 10.5. The van der Waals surface area contributed by atoms with Gasteiger partial charge in [-0.05, 0) is 47.4 Å². The number of carbonyl (C=O) groups excluding carboxylic acids is 1. The van der Waals surface area contributed by atoms with Crippen molar-refractivity contribution in [1.82, 2.24) is 9.80 Å². The van der Waals surface area contributed by atoms with E-state index in [0.717, 1.165) is 49.9 Å². The zero-order valence-electron chi connectivity index (χ0n) is 17.5. The summed E-state index contributed by atoms with van der Waals surface area (Å²) < 4.78 is 5.74. The van der Waals surface area contributed by atoms with Crippen molar-refractivity contribution >= 4 is 17.5 Å². The zero-order chi connectivity index (χ0) is 21.5. The molecule has 4 rings (SSSR count). The Morgan fingerprint density at radius 3 is 2.06 bits per heavy atom. The average molecular weight is 435 g/mol. The van der Waals surface area contributed by atoms with Crippen molar-refractivity contribution in [3.05, 3.63) is 101 Å². The van der Waals surface area contributed by atoms with Gasteiger partial charge in [0.25, 0.3) is 5.91 Å². The van der Waals surface area contributed by atoms with Crippen molar-refractivity contribution in [3.8, 4) is 5.75 Å². The van der Waals surface area contributed by atoms with Gasteiger partial charge in [0.1, 0.15) is 5.75 Å². The van der Waals surface area contributed by atoms with Crippen LogP contribution in [0.4, 0.5) is 0 Å². The molecule has 5 heteroatoms. The number of hydrogen-bond donors (Lipinski definition) is 0. The first-order valence-electron chi connectivity index (χ1n) is 10.7. The molecule has 1 heterocycles. The fourth-order valence-electron chi connectivity index (χ4n) is 3.77. The maximum atomic E-state index is 12.5. The lowest BCUT2D eigenvalue weighted by Crippen LogP contribution is -2.49. The number of piperazine rings is 1. The van der Waals surface area contributed by atoms with Crippen LogP contribution in [0.25, 0.3) is 0 Å². The predicted molar refractivity (Wildman–Crippen MR) is 124 cm³/mol. The maximum absolute atomic E-state index is 12.5. The summed E-state index contributed by atoms with van der Waals surface area (Å²) in [5.41, 5.74) is 3.74. The van der Waals surface area contributed by atoms with Crippen molar-refractivity contribution in [3.63, 3.8) is 0 Å². The molecule has 0 atom stereocenters. The van der Waals surface area contributed by atoms with E-state index < -0.39 is 0 Å². The van der Waals surface area contributed by atoms with Crippen LogP contribution in [0, 0.1) is 0 Å². The number of carbonyl (C=O) groups is 1. The van der Waals surface area contributed by atoms with Crippen molar-refractivity contribution in [2.75, 3.05) is 32.8 Å². The lowest BCUT2D eigenvalue weighted by atomic mass is 10.1. The Labute approximate surface area is 189 Å². The lowest BCUT2D eigenvalue weighted by Gasteiger charge is -2.34. The molecule has 0 saturated carbocycles. The number of hydrogen-bond acceptors (Lipinski definition) is 3. The van der Waals surface area contributed by atoms with Crippen LogP contribution in [-0.4, -0.2) is 48.5 Å². The van der Waals surface area contributed by atoms with Crippen molar-refractivity contribution < 1.29 is 9.53 Å². The van der Waals surface area contributed by atoms with E-state index in [9.17, 15) is 4.79 Å². The number of halogens is 1. The van der Waals surface area contributed by atoms with E-state index in [4.69, 9.17) is 16.3 Å². The molecule has 3 aromatic carbocycles. The predicted octanol–water partition coefficient (Wildman–Crippen LogP) is 4.65. The second-order valence-corrected chi connectivity index (χ2v) is 8.31. The standard InChI is InChI=1S/C26H27ClN2O2/c27-24-10-6-23(7-11-24)19-28-14-16-29(17-15-28)26(30)20-31-25-12-8-22(9-13-25)18-21-4-2-1-3-5-21/h1-13H,14-20H2. The average Bonchev–Trinajstić information content (AvgIpc) is 2.81. The summed E-state index contributed by atoms with van der Waals surface area (Å²) in [5, 5.41) is 0.755. The normalized spacial score (nSPS) is 14.4. The third-order valence-corrected chi connectivity index (χ3v) is 5.83. The molecule has 0 unspecified atom stereocenters. The summed E-state index contributed by atoms with van der Waals surface area (Å²) in [5.74, 6) is 0.769. The fraction of sp³-hybridized carbons (Fsp3) is 0.269. The van der Waals surface area contributed by atoms with Crippen LogP contribution < -0.4 is 4.74 Å². The second-order valence-electron chi connectivity index (χ2n) is 7.88. The number of benzene rings is 3. The third kappa shape index (κ3) is 6.33. The molecule has 0 aliphatic carbocycles. The van der Waals surface area contributed by atoms with Gasteiger partial charge in [-0.25, -0.2) is 0 Å². The van der Waals surface area contributed by atoms with Crippen molar-refractivity contribution in [1.29, 1.82) is 0 Å². The Morgan fingerprint density at radius 1 is 0.774 bits per heavy atom. The Morgan fingerprint density at radius 2 is 1.39 bits per heavy atom. The van der Waals surface area contributed by atoms with E-state index >= 15 is 0 Å². The van der Waals surface area contributed by atoms with Crippen molar-refractivity contribution in [2.24, 2.45) is 0 Å². The van der Waals surface area contributed by atoms with E-state index in [1.54, 1.807) is 0 Å².